The first-order chi connectivity index (χ1) is 10.7. The Morgan fingerprint density at radius 1 is 1.22 bits per heavy atom. The van der Waals surface area contributed by atoms with E-state index in [0.717, 1.165) is 16.5 Å². The summed E-state index contributed by atoms with van der Waals surface area (Å²) in [7, 11) is 0. The quantitative estimate of drug-likeness (QED) is 0.802. The average Bonchev–Trinajstić information content (AvgIpc) is 2.42. The van der Waals surface area contributed by atoms with Crippen molar-refractivity contribution in [2.75, 3.05) is 4.90 Å². The van der Waals surface area contributed by atoms with Gasteiger partial charge in [0.1, 0.15) is 11.4 Å². The van der Waals surface area contributed by atoms with Gasteiger partial charge in [0, 0.05) is 6.20 Å². The van der Waals surface area contributed by atoms with Gasteiger partial charge in [0.05, 0.1) is 5.69 Å². The molecule has 0 unspecified atom stereocenters. The second-order valence-electron chi connectivity index (χ2n) is 6.08. The Bertz CT molecular complexity index is 727. The van der Waals surface area contributed by atoms with Gasteiger partial charge in [-0.1, -0.05) is 6.07 Å². The highest BCUT2D eigenvalue weighted by Gasteiger charge is 2.28. The van der Waals surface area contributed by atoms with Gasteiger partial charge in [-0.25, -0.2) is 23.5 Å². The molecule has 122 valence electrons. The molecule has 0 aliphatic heterocycles. The number of aryl methyl sites for hydroxylation is 1. The minimum absolute atomic E-state index is 0.156. The van der Waals surface area contributed by atoms with Gasteiger partial charge in [0.15, 0.2) is 11.6 Å². The molecule has 2 rings (SSSR count). The summed E-state index contributed by atoms with van der Waals surface area (Å²) in [5, 5.41) is 0. The average molecular weight is 320 g/mol. The van der Waals surface area contributed by atoms with Crippen molar-refractivity contribution in [1.29, 1.82) is 0 Å². The Morgan fingerprint density at radius 2 is 1.91 bits per heavy atom. The highest BCUT2D eigenvalue weighted by Crippen LogP contribution is 2.30. The minimum Gasteiger partial charge on any atom is -0.443 e. The van der Waals surface area contributed by atoms with E-state index in [0.29, 0.717) is 0 Å². The van der Waals surface area contributed by atoms with Crippen molar-refractivity contribution in [2.45, 2.75) is 33.3 Å². The number of rotatable bonds is 2. The lowest BCUT2D eigenvalue weighted by Gasteiger charge is -2.27. The summed E-state index contributed by atoms with van der Waals surface area (Å²) < 4.78 is 33.0. The van der Waals surface area contributed by atoms with E-state index in [1.807, 2.05) is 0 Å². The lowest BCUT2D eigenvalue weighted by molar-refractivity contribution is 0.0597. The number of benzene rings is 1. The van der Waals surface area contributed by atoms with E-state index in [1.54, 1.807) is 39.8 Å². The summed E-state index contributed by atoms with van der Waals surface area (Å²) in [5.41, 5.74) is -0.221. The number of anilines is 2. The number of pyridine rings is 1. The number of ether oxygens (including phenoxy) is 1. The summed E-state index contributed by atoms with van der Waals surface area (Å²) in [4.78, 5) is 17.5. The lowest BCUT2D eigenvalue weighted by atomic mass is 10.2. The summed E-state index contributed by atoms with van der Waals surface area (Å²) in [6.07, 6.45) is 0.652. The number of hydrogen-bond donors (Lipinski definition) is 0. The highest BCUT2D eigenvalue weighted by atomic mass is 19.2. The van der Waals surface area contributed by atoms with Crippen LogP contribution in [-0.2, 0) is 4.74 Å². The van der Waals surface area contributed by atoms with Crippen LogP contribution in [0.15, 0.2) is 36.5 Å². The van der Waals surface area contributed by atoms with E-state index in [-0.39, 0.29) is 11.5 Å². The first-order valence-electron chi connectivity index (χ1n) is 7.09. The molecule has 1 aromatic heterocycles. The fourth-order valence-electron chi connectivity index (χ4n) is 1.93. The fourth-order valence-corrected chi connectivity index (χ4v) is 1.93. The van der Waals surface area contributed by atoms with Gasteiger partial charge in [0.2, 0.25) is 0 Å². The number of carbonyl (C=O) groups is 1. The van der Waals surface area contributed by atoms with Crippen molar-refractivity contribution < 1.29 is 18.3 Å². The van der Waals surface area contributed by atoms with E-state index in [1.165, 1.54) is 18.3 Å². The standard InChI is InChI=1S/C17H18F2N2O2/c1-11-8-9-20-14(10-11)21(16(22)23-17(2,3)4)13-7-5-6-12(18)15(13)19/h5-10H,1-4H3. The van der Waals surface area contributed by atoms with Crippen LogP contribution in [0.3, 0.4) is 0 Å². The van der Waals surface area contributed by atoms with Crippen molar-refractivity contribution in [2.24, 2.45) is 0 Å². The second kappa shape index (κ2) is 6.32. The fraction of sp³-hybridized carbons (Fsp3) is 0.294. The maximum Gasteiger partial charge on any atom is 0.420 e. The summed E-state index contributed by atoms with van der Waals surface area (Å²) in [5.74, 6) is -2.03. The van der Waals surface area contributed by atoms with Crippen LogP contribution in [0.5, 0.6) is 0 Å². The van der Waals surface area contributed by atoms with Crippen molar-refractivity contribution in [1.82, 2.24) is 4.98 Å². The van der Waals surface area contributed by atoms with E-state index in [4.69, 9.17) is 4.74 Å². The molecule has 0 atom stereocenters. The Kier molecular flexibility index (Phi) is 4.63. The minimum atomic E-state index is -1.14. The van der Waals surface area contributed by atoms with Gasteiger partial charge in [-0.15, -0.1) is 0 Å². The molecule has 6 heteroatoms. The monoisotopic (exact) mass is 320 g/mol. The molecule has 0 aliphatic carbocycles. The SMILES string of the molecule is Cc1ccnc(N(C(=O)OC(C)(C)C)c2cccc(F)c2F)c1. The molecular formula is C17H18F2N2O2. The molecule has 4 nitrogen and oxygen atoms in total. The number of halogens is 2. The Hall–Kier alpha value is -2.50. The first kappa shape index (κ1) is 16.9. The third-order valence-electron chi connectivity index (χ3n) is 2.88. The summed E-state index contributed by atoms with van der Waals surface area (Å²) >= 11 is 0. The molecule has 0 fully saturated rings. The van der Waals surface area contributed by atoms with E-state index < -0.39 is 23.3 Å². The van der Waals surface area contributed by atoms with Crippen LogP contribution >= 0.6 is 0 Å². The second-order valence-corrected chi connectivity index (χ2v) is 6.08. The van der Waals surface area contributed by atoms with Gasteiger partial charge in [-0.05, 0) is 57.5 Å². The number of carbonyl (C=O) groups excluding carboxylic acids is 1. The molecule has 23 heavy (non-hydrogen) atoms. The van der Waals surface area contributed by atoms with Crippen LogP contribution in [0.1, 0.15) is 26.3 Å². The van der Waals surface area contributed by atoms with Gasteiger partial charge < -0.3 is 4.74 Å². The predicted octanol–water partition coefficient (Wildman–Crippen LogP) is 4.74. The zero-order valence-electron chi connectivity index (χ0n) is 13.4. The van der Waals surface area contributed by atoms with E-state index in [9.17, 15) is 13.6 Å². The molecule has 1 aromatic carbocycles. The van der Waals surface area contributed by atoms with Gasteiger partial charge >= 0.3 is 6.09 Å². The van der Waals surface area contributed by atoms with Crippen LogP contribution in [0.25, 0.3) is 0 Å². The van der Waals surface area contributed by atoms with Crippen molar-refractivity contribution in [3.05, 3.63) is 53.7 Å². The van der Waals surface area contributed by atoms with Crippen LogP contribution in [0.4, 0.5) is 25.1 Å². The largest absolute Gasteiger partial charge is 0.443 e. The number of amides is 1. The van der Waals surface area contributed by atoms with Gasteiger partial charge in [-0.2, -0.15) is 0 Å². The van der Waals surface area contributed by atoms with Crippen molar-refractivity contribution in [3.63, 3.8) is 0 Å². The maximum absolute atomic E-state index is 14.2. The molecule has 0 saturated heterocycles. The molecule has 1 amide bonds. The predicted molar refractivity (Wildman–Crippen MR) is 83.7 cm³/mol. The topological polar surface area (TPSA) is 42.4 Å². The van der Waals surface area contributed by atoms with Crippen molar-refractivity contribution >= 4 is 17.6 Å². The number of aromatic nitrogens is 1. The zero-order valence-corrected chi connectivity index (χ0v) is 13.4. The van der Waals surface area contributed by atoms with Gasteiger partial charge in [0.25, 0.3) is 0 Å². The normalized spacial score (nSPS) is 11.2. The van der Waals surface area contributed by atoms with Crippen LogP contribution < -0.4 is 4.90 Å². The molecule has 0 radical (unpaired) electrons. The maximum atomic E-state index is 14.2. The molecule has 1 heterocycles. The summed E-state index contributed by atoms with van der Waals surface area (Å²) in [6, 6.07) is 6.93. The van der Waals surface area contributed by atoms with Gasteiger partial charge in [-0.3, -0.25) is 0 Å². The number of nitrogens with zero attached hydrogens (tertiary/aromatic N) is 2. The molecule has 0 spiro atoms. The Balaban J connectivity index is 2.56. The molecule has 0 saturated carbocycles. The number of hydrogen-bond acceptors (Lipinski definition) is 3. The summed E-state index contributed by atoms with van der Waals surface area (Å²) in [6.45, 7) is 6.87. The first-order valence-corrected chi connectivity index (χ1v) is 7.09. The van der Waals surface area contributed by atoms with E-state index in [2.05, 4.69) is 4.98 Å². The third kappa shape index (κ3) is 4.03. The molecule has 0 aliphatic rings. The van der Waals surface area contributed by atoms with Crippen LogP contribution in [0.2, 0.25) is 0 Å². The molecule has 0 bridgehead atoms. The Morgan fingerprint density at radius 3 is 2.52 bits per heavy atom. The molecule has 0 N–H and O–H groups in total. The van der Waals surface area contributed by atoms with Crippen LogP contribution in [0, 0.1) is 18.6 Å². The smallest absolute Gasteiger partial charge is 0.420 e. The van der Waals surface area contributed by atoms with E-state index >= 15 is 0 Å². The third-order valence-corrected chi connectivity index (χ3v) is 2.88. The molecule has 2 aromatic rings. The zero-order chi connectivity index (χ0) is 17.2. The van der Waals surface area contributed by atoms with Crippen molar-refractivity contribution in [3.8, 4) is 0 Å². The Labute approximate surface area is 133 Å². The van der Waals surface area contributed by atoms with Crippen LogP contribution in [-0.4, -0.2) is 16.7 Å². The lowest BCUT2D eigenvalue weighted by Crippen LogP contribution is -2.34. The molecular weight excluding hydrogens is 302 g/mol. The highest BCUT2D eigenvalue weighted by molar-refractivity contribution is 5.95.